The largest absolute Gasteiger partial charge is 0.468 e. The first-order valence-corrected chi connectivity index (χ1v) is 16.0. The van der Waals surface area contributed by atoms with E-state index in [0.29, 0.717) is 11.8 Å². The minimum atomic E-state index is -0.444. The second kappa shape index (κ2) is 9.13. The first-order valence-electron chi connectivity index (χ1n) is 16.0. The first kappa shape index (κ1) is 28.9. The van der Waals surface area contributed by atoms with Gasteiger partial charge in [-0.2, -0.15) is 0 Å². The van der Waals surface area contributed by atoms with Gasteiger partial charge in [0.05, 0.1) is 23.9 Å². The summed E-state index contributed by atoms with van der Waals surface area (Å²) in [4.78, 5) is 35.7. The molecule has 224 valence electrons. The van der Waals surface area contributed by atoms with E-state index in [1.807, 2.05) is 12.4 Å². The van der Waals surface area contributed by atoms with Crippen LogP contribution in [-0.2, 0) is 26.2 Å². The van der Waals surface area contributed by atoms with Gasteiger partial charge < -0.3 is 10.1 Å². The number of aromatic nitrogens is 2. The lowest BCUT2D eigenvalue weighted by molar-refractivity contribution is -0.168. The van der Waals surface area contributed by atoms with Gasteiger partial charge >= 0.3 is 5.97 Å². The fourth-order valence-corrected chi connectivity index (χ4v) is 11.4. The van der Waals surface area contributed by atoms with Crippen molar-refractivity contribution < 1.29 is 14.3 Å². The van der Waals surface area contributed by atoms with Gasteiger partial charge in [-0.3, -0.25) is 19.6 Å². The molecular weight excluding hydrogens is 510 g/mol. The molecule has 5 aliphatic rings. The molecule has 0 aromatic carbocycles. The molecule has 1 aromatic rings. The smallest absolute Gasteiger partial charge is 0.325 e. The van der Waals surface area contributed by atoms with E-state index < -0.39 is 5.41 Å². The van der Waals surface area contributed by atoms with Crippen molar-refractivity contribution in [3.8, 4) is 0 Å². The van der Waals surface area contributed by atoms with Gasteiger partial charge in [0.25, 0.3) is 0 Å². The summed E-state index contributed by atoms with van der Waals surface area (Å²) in [6, 6.07) is 0. The van der Waals surface area contributed by atoms with Gasteiger partial charge in [-0.15, -0.1) is 0 Å². The van der Waals surface area contributed by atoms with E-state index in [9.17, 15) is 9.59 Å². The Labute approximate surface area is 246 Å². The standard InChI is InChI=1S/C35H51N3O3/c1-30(2)13-15-35(29(40)38-21-27(39)41-8)16-14-33(6)22(23(35)19-30)9-10-26-32(5)20-24-28(37-18-17-36-24)31(3,4)25(32)11-12-34(26,33)7/h9,17-18,23,25-26H,10-16,19-21H2,1-8H3,(H,38,40)/t23-,25-,26+,32-,33+,34+,35-/m0/s1. The van der Waals surface area contributed by atoms with Crippen LogP contribution in [-0.4, -0.2) is 35.5 Å². The van der Waals surface area contributed by atoms with Crippen molar-refractivity contribution >= 4 is 11.9 Å². The lowest BCUT2D eigenvalue weighted by Gasteiger charge is -2.70. The highest BCUT2D eigenvalue weighted by molar-refractivity contribution is 5.87. The summed E-state index contributed by atoms with van der Waals surface area (Å²) in [7, 11) is 1.38. The molecule has 1 amide bonds. The highest BCUT2D eigenvalue weighted by atomic mass is 16.5. The average molecular weight is 562 g/mol. The van der Waals surface area contributed by atoms with Crippen molar-refractivity contribution in [1.29, 1.82) is 0 Å². The number of carbonyl (C=O) groups is 2. The Morgan fingerprint density at radius 3 is 2.39 bits per heavy atom. The second-order valence-electron chi connectivity index (χ2n) is 16.4. The molecule has 3 saturated carbocycles. The topological polar surface area (TPSA) is 81.2 Å². The van der Waals surface area contributed by atoms with Gasteiger partial charge in [-0.1, -0.05) is 60.1 Å². The molecule has 6 heteroatoms. The third-order valence-electron chi connectivity index (χ3n) is 13.8. The van der Waals surface area contributed by atoms with E-state index in [1.54, 1.807) is 5.57 Å². The zero-order valence-electron chi connectivity index (χ0n) is 26.7. The van der Waals surface area contributed by atoms with E-state index in [-0.39, 0.29) is 51.4 Å². The van der Waals surface area contributed by atoms with Crippen LogP contribution in [0.3, 0.4) is 0 Å². The Morgan fingerprint density at radius 1 is 0.951 bits per heavy atom. The van der Waals surface area contributed by atoms with Gasteiger partial charge in [0.2, 0.25) is 5.91 Å². The van der Waals surface area contributed by atoms with E-state index >= 15 is 0 Å². The first-order chi connectivity index (χ1) is 19.1. The van der Waals surface area contributed by atoms with Crippen LogP contribution >= 0.6 is 0 Å². The molecule has 0 radical (unpaired) electrons. The van der Waals surface area contributed by atoms with Crippen molar-refractivity contribution in [1.82, 2.24) is 15.3 Å². The monoisotopic (exact) mass is 561 g/mol. The molecule has 1 aromatic heterocycles. The summed E-state index contributed by atoms with van der Waals surface area (Å²) in [6.07, 6.45) is 15.7. The van der Waals surface area contributed by atoms with Gasteiger partial charge in [0, 0.05) is 17.8 Å². The van der Waals surface area contributed by atoms with Crippen LogP contribution in [0.4, 0.5) is 0 Å². The van der Waals surface area contributed by atoms with Crippen LogP contribution in [0.25, 0.3) is 0 Å². The number of amides is 1. The molecule has 0 bridgehead atoms. The summed E-state index contributed by atoms with van der Waals surface area (Å²) in [5.41, 5.74) is 4.01. The third kappa shape index (κ3) is 3.87. The lowest BCUT2D eigenvalue weighted by Crippen LogP contribution is -2.65. The van der Waals surface area contributed by atoms with Crippen molar-refractivity contribution in [2.45, 2.75) is 112 Å². The number of esters is 1. The molecule has 41 heavy (non-hydrogen) atoms. The van der Waals surface area contributed by atoms with Crippen molar-refractivity contribution in [2.75, 3.05) is 13.7 Å². The molecule has 6 nitrogen and oxygen atoms in total. The van der Waals surface area contributed by atoms with Crippen molar-refractivity contribution in [3.63, 3.8) is 0 Å². The maximum absolute atomic E-state index is 14.0. The zero-order chi connectivity index (χ0) is 29.6. The molecule has 6 rings (SSSR count). The van der Waals surface area contributed by atoms with E-state index in [4.69, 9.17) is 14.7 Å². The molecule has 7 atom stereocenters. The van der Waals surface area contributed by atoms with Crippen LogP contribution in [0.2, 0.25) is 0 Å². The Morgan fingerprint density at radius 2 is 1.66 bits per heavy atom. The quantitative estimate of drug-likeness (QED) is 0.333. The SMILES string of the molecule is COC(=O)CNC(=O)[C@]12CCC(C)(C)C[C@H]1C1=CC[C@@H]3[C@@]4(C)Cc5nccnc5C(C)(C)[C@@H]4CC[C@@]3(C)[C@]1(C)CC2. The summed E-state index contributed by atoms with van der Waals surface area (Å²) in [5, 5.41) is 3.00. The summed E-state index contributed by atoms with van der Waals surface area (Å²) in [6.45, 7) is 17.2. The second-order valence-corrected chi connectivity index (χ2v) is 16.4. The molecule has 0 aliphatic heterocycles. The average Bonchev–Trinajstić information content (AvgIpc) is 2.91. The van der Waals surface area contributed by atoms with Gasteiger partial charge in [-0.25, -0.2) is 0 Å². The summed E-state index contributed by atoms with van der Waals surface area (Å²) >= 11 is 0. The highest BCUT2D eigenvalue weighted by Gasteiger charge is 2.69. The van der Waals surface area contributed by atoms with Crippen LogP contribution in [0.15, 0.2) is 24.0 Å². The number of fused-ring (bicyclic) bond motifs is 8. The lowest BCUT2D eigenvalue weighted by atomic mass is 9.33. The van der Waals surface area contributed by atoms with Crippen molar-refractivity contribution in [3.05, 3.63) is 35.4 Å². The fourth-order valence-electron chi connectivity index (χ4n) is 11.4. The molecular formula is C35H51N3O3. The maximum atomic E-state index is 14.0. The van der Waals surface area contributed by atoms with Crippen LogP contribution in [0.1, 0.15) is 111 Å². The van der Waals surface area contributed by atoms with Gasteiger partial charge in [-0.05, 0) is 97.2 Å². The molecule has 1 N–H and O–H groups in total. The van der Waals surface area contributed by atoms with E-state index in [0.717, 1.165) is 44.9 Å². The summed E-state index contributed by atoms with van der Waals surface area (Å²) < 4.78 is 4.85. The Hall–Kier alpha value is -2.24. The molecule has 0 unspecified atom stereocenters. The number of nitrogens with one attached hydrogen (secondary N) is 1. The Kier molecular flexibility index (Phi) is 6.43. The van der Waals surface area contributed by atoms with E-state index in [2.05, 4.69) is 59.9 Å². The number of carbonyl (C=O) groups excluding carboxylic acids is 2. The van der Waals surface area contributed by atoms with E-state index in [1.165, 1.54) is 31.3 Å². The fraction of sp³-hybridized carbons (Fsp3) is 0.771. The van der Waals surface area contributed by atoms with Gasteiger partial charge in [0.15, 0.2) is 0 Å². The minimum absolute atomic E-state index is 0.00431. The number of hydrogen-bond acceptors (Lipinski definition) is 5. The van der Waals surface area contributed by atoms with Crippen LogP contribution in [0, 0.1) is 44.8 Å². The maximum Gasteiger partial charge on any atom is 0.325 e. The van der Waals surface area contributed by atoms with Crippen molar-refractivity contribution in [2.24, 2.45) is 44.8 Å². The number of ether oxygens (including phenoxy) is 1. The zero-order valence-corrected chi connectivity index (χ0v) is 26.7. The number of hydrogen-bond donors (Lipinski definition) is 1. The molecule has 5 aliphatic carbocycles. The molecule has 0 saturated heterocycles. The highest BCUT2D eigenvalue weighted by Crippen LogP contribution is 2.75. The summed E-state index contributed by atoms with van der Waals surface area (Å²) in [5.74, 6) is 0.992. The molecule has 1 heterocycles. The Bertz CT molecular complexity index is 1300. The molecule has 3 fully saturated rings. The number of allylic oxidation sites excluding steroid dienone is 2. The number of nitrogens with zero attached hydrogens (tertiary/aromatic N) is 2. The predicted molar refractivity (Wildman–Crippen MR) is 160 cm³/mol. The predicted octanol–water partition coefficient (Wildman–Crippen LogP) is 6.58. The number of methoxy groups -OCH3 is 1. The molecule has 0 spiro atoms. The van der Waals surface area contributed by atoms with Crippen LogP contribution < -0.4 is 5.32 Å². The van der Waals surface area contributed by atoms with Gasteiger partial charge in [0.1, 0.15) is 6.54 Å². The third-order valence-corrected chi connectivity index (χ3v) is 13.8. The normalized spacial score (nSPS) is 41.8. The Balaban J connectivity index is 1.41. The minimum Gasteiger partial charge on any atom is -0.468 e. The van der Waals surface area contributed by atoms with Crippen LogP contribution in [0.5, 0.6) is 0 Å². The number of rotatable bonds is 3.